The Bertz CT molecular complexity index is 698. The third kappa shape index (κ3) is 2.29. The molecule has 3 rings (SSSR count). The standard InChI is InChI=1S/C15H14ClN3/c1-10-5-7-18-15(16)14(10)19-9-11-3-2-4-13-12(11)6-8-17-13/h2-8,17,19H,9H2,1H3. The molecule has 4 heteroatoms. The number of fused-ring (bicyclic) bond motifs is 1. The number of aromatic nitrogens is 2. The van der Waals surface area contributed by atoms with Crippen LogP contribution < -0.4 is 5.32 Å². The van der Waals surface area contributed by atoms with Crippen LogP contribution in [0.25, 0.3) is 10.9 Å². The van der Waals surface area contributed by atoms with Crippen molar-refractivity contribution in [1.29, 1.82) is 0 Å². The number of anilines is 1. The normalized spacial score (nSPS) is 10.8. The summed E-state index contributed by atoms with van der Waals surface area (Å²) in [5, 5.41) is 5.12. The van der Waals surface area contributed by atoms with Crippen molar-refractivity contribution in [2.75, 3.05) is 5.32 Å². The van der Waals surface area contributed by atoms with Gasteiger partial charge in [-0.3, -0.25) is 0 Å². The van der Waals surface area contributed by atoms with Crippen LogP contribution in [0.5, 0.6) is 0 Å². The summed E-state index contributed by atoms with van der Waals surface area (Å²) in [6.07, 6.45) is 3.67. The molecule has 0 aliphatic rings. The van der Waals surface area contributed by atoms with Gasteiger partial charge in [-0.05, 0) is 36.2 Å². The fourth-order valence-electron chi connectivity index (χ4n) is 2.23. The summed E-state index contributed by atoms with van der Waals surface area (Å²) in [5.41, 5.74) is 4.38. The smallest absolute Gasteiger partial charge is 0.152 e. The molecular weight excluding hydrogens is 258 g/mol. The van der Waals surface area contributed by atoms with Crippen molar-refractivity contribution in [3.8, 4) is 0 Å². The highest BCUT2D eigenvalue weighted by atomic mass is 35.5. The first-order valence-corrected chi connectivity index (χ1v) is 6.53. The average Bonchev–Trinajstić information content (AvgIpc) is 2.87. The van der Waals surface area contributed by atoms with E-state index in [2.05, 4.69) is 33.5 Å². The van der Waals surface area contributed by atoms with Crippen molar-refractivity contribution in [2.45, 2.75) is 13.5 Å². The number of pyridine rings is 1. The predicted molar refractivity (Wildman–Crippen MR) is 79.6 cm³/mol. The number of nitrogens with zero attached hydrogens (tertiary/aromatic N) is 1. The molecule has 96 valence electrons. The first kappa shape index (κ1) is 12.1. The van der Waals surface area contributed by atoms with Crippen LogP contribution in [0.1, 0.15) is 11.1 Å². The molecule has 3 aromatic rings. The maximum absolute atomic E-state index is 6.11. The summed E-state index contributed by atoms with van der Waals surface area (Å²) in [7, 11) is 0. The van der Waals surface area contributed by atoms with Crippen LogP contribution >= 0.6 is 11.6 Å². The van der Waals surface area contributed by atoms with Crippen molar-refractivity contribution in [2.24, 2.45) is 0 Å². The molecule has 0 saturated carbocycles. The van der Waals surface area contributed by atoms with Crippen LogP contribution in [0.3, 0.4) is 0 Å². The maximum Gasteiger partial charge on any atom is 0.152 e. The highest BCUT2D eigenvalue weighted by molar-refractivity contribution is 6.32. The zero-order valence-electron chi connectivity index (χ0n) is 10.6. The average molecular weight is 272 g/mol. The minimum atomic E-state index is 0.515. The van der Waals surface area contributed by atoms with Gasteiger partial charge in [-0.25, -0.2) is 4.98 Å². The summed E-state index contributed by atoms with van der Waals surface area (Å²) >= 11 is 6.11. The van der Waals surface area contributed by atoms with E-state index in [0.717, 1.165) is 23.3 Å². The van der Waals surface area contributed by atoms with Gasteiger partial charge in [-0.15, -0.1) is 0 Å². The maximum atomic E-state index is 6.11. The van der Waals surface area contributed by atoms with Gasteiger partial charge in [0, 0.05) is 29.8 Å². The van der Waals surface area contributed by atoms with Gasteiger partial charge < -0.3 is 10.3 Å². The molecule has 0 atom stereocenters. The molecule has 0 radical (unpaired) electrons. The fourth-order valence-corrected chi connectivity index (χ4v) is 2.50. The number of halogens is 1. The molecule has 0 fully saturated rings. The number of nitrogens with one attached hydrogen (secondary N) is 2. The number of aromatic amines is 1. The Morgan fingerprint density at radius 2 is 2.16 bits per heavy atom. The second kappa shape index (κ2) is 4.94. The quantitative estimate of drug-likeness (QED) is 0.703. The third-order valence-corrected chi connectivity index (χ3v) is 3.54. The molecule has 0 aliphatic carbocycles. The Balaban J connectivity index is 1.88. The van der Waals surface area contributed by atoms with Crippen molar-refractivity contribution >= 4 is 28.2 Å². The molecular formula is C15H14ClN3. The molecule has 0 aliphatic heterocycles. The largest absolute Gasteiger partial charge is 0.378 e. The highest BCUT2D eigenvalue weighted by Crippen LogP contribution is 2.25. The summed E-state index contributed by atoms with van der Waals surface area (Å²) < 4.78 is 0. The van der Waals surface area contributed by atoms with Gasteiger partial charge in [0.05, 0.1) is 5.69 Å². The molecule has 0 amide bonds. The first-order valence-electron chi connectivity index (χ1n) is 6.15. The number of hydrogen-bond acceptors (Lipinski definition) is 2. The van der Waals surface area contributed by atoms with Crippen molar-refractivity contribution < 1.29 is 0 Å². The van der Waals surface area contributed by atoms with Gasteiger partial charge in [-0.2, -0.15) is 0 Å². The van der Waals surface area contributed by atoms with Crippen LogP contribution in [-0.2, 0) is 6.54 Å². The number of benzene rings is 1. The van der Waals surface area contributed by atoms with Crippen LogP contribution in [0.15, 0.2) is 42.7 Å². The molecule has 0 bridgehead atoms. The zero-order chi connectivity index (χ0) is 13.2. The minimum Gasteiger partial charge on any atom is -0.378 e. The first-order chi connectivity index (χ1) is 9.25. The highest BCUT2D eigenvalue weighted by Gasteiger charge is 2.06. The molecule has 2 N–H and O–H groups in total. The van der Waals surface area contributed by atoms with Gasteiger partial charge in [0.1, 0.15) is 0 Å². The minimum absolute atomic E-state index is 0.515. The van der Waals surface area contributed by atoms with Gasteiger partial charge >= 0.3 is 0 Å². The molecule has 0 spiro atoms. The van der Waals surface area contributed by atoms with Crippen LogP contribution in [-0.4, -0.2) is 9.97 Å². The van der Waals surface area contributed by atoms with Crippen LogP contribution in [0.4, 0.5) is 5.69 Å². The lowest BCUT2D eigenvalue weighted by Gasteiger charge is -2.11. The van der Waals surface area contributed by atoms with E-state index in [0.29, 0.717) is 5.15 Å². The zero-order valence-corrected chi connectivity index (χ0v) is 11.3. The summed E-state index contributed by atoms with van der Waals surface area (Å²) in [5.74, 6) is 0. The number of rotatable bonds is 3. The fraction of sp³-hybridized carbons (Fsp3) is 0.133. The Hall–Kier alpha value is -2.00. The van der Waals surface area contributed by atoms with E-state index in [-0.39, 0.29) is 0 Å². The number of H-pyrrole nitrogens is 1. The summed E-state index contributed by atoms with van der Waals surface area (Å²) in [4.78, 5) is 7.32. The topological polar surface area (TPSA) is 40.7 Å². The SMILES string of the molecule is Cc1ccnc(Cl)c1NCc1cccc2[nH]ccc12. The van der Waals surface area contributed by atoms with Crippen molar-refractivity contribution in [3.05, 3.63) is 59.0 Å². The summed E-state index contributed by atoms with van der Waals surface area (Å²) in [6.45, 7) is 2.74. The Kier molecular flexibility index (Phi) is 3.13. The van der Waals surface area contributed by atoms with Gasteiger partial charge in [0.15, 0.2) is 5.15 Å². The second-order valence-corrected chi connectivity index (χ2v) is 4.86. The van der Waals surface area contributed by atoms with E-state index in [1.807, 2.05) is 25.3 Å². The Morgan fingerprint density at radius 3 is 3.00 bits per heavy atom. The van der Waals surface area contributed by atoms with Gasteiger partial charge in [-0.1, -0.05) is 23.7 Å². The molecule has 2 heterocycles. The third-order valence-electron chi connectivity index (χ3n) is 3.25. The molecule has 2 aromatic heterocycles. The Morgan fingerprint density at radius 1 is 1.26 bits per heavy atom. The van der Waals surface area contributed by atoms with E-state index in [1.54, 1.807) is 6.20 Å². The van der Waals surface area contributed by atoms with Crippen molar-refractivity contribution in [3.63, 3.8) is 0 Å². The molecule has 3 nitrogen and oxygen atoms in total. The molecule has 0 unspecified atom stereocenters. The second-order valence-electron chi connectivity index (χ2n) is 4.50. The molecule has 19 heavy (non-hydrogen) atoms. The predicted octanol–water partition coefficient (Wildman–Crippen LogP) is 4.14. The number of aryl methyl sites for hydroxylation is 1. The monoisotopic (exact) mass is 271 g/mol. The van der Waals surface area contributed by atoms with Crippen LogP contribution in [0, 0.1) is 6.92 Å². The van der Waals surface area contributed by atoms with Crippen molar-refractivity contribution in [1.82, 2.24) is 9.97 Å². The lowest BCUT2D eigenvalue weighted by Crippen LogP contribution is -2.02. The van der Waals surface area contributed by atoms with E-state index >= 15 is 0 Å². The lowest BCUT2D eigenvalue weighted by atomic mass is 10.1. The van der Waals surface area contributed by atoms with Gasteiger partial charge in [0.2, 0.25) is 0 Å². The summed E-state index contributed by atoms with van der Waals surface area (Å²) in [6, 6.07) is 10.3. The molecule has 0 saturated heterocycles. The Labute approximate surface area is 116 Å². The van der Waals surface area contributed by atoms with E-state index < -0.39 is 0 Å². The van der Waals surface area contributed by atoms with E-state index in [4.69, 9.17) is 11.6 Å². The van der Waals surface area contributed by atoms with Crippen LogP contribution in [0.2, 0.25) is 5.15 Å². The number of hydrogen-bond donors (Lipinski definition) is 2. The van der Waals surface area contributed by atoms with Gasteiger partial charge in [0.25, 0.3) is 0 Å². The molecule has 1 aromatic carbocycles. The lowest BCUT2D eigenvalue weighted by molar-refractivity contribution is 1.14. The van der Waals surface area contributed by atoms with E-state index in [9.17, 15) is 0 Å². The van der Waals surface area contributed by atoms with E-state index in [1.165, 1.54) is 10.9 Å².